The quantitative estimate of drug-likeness (QED) is 0.863. The van der Waals surface area contributed by atoms with Gasteiger partial charge in [-0.2, -0.15) is 0 Å². The van der Waals surface area contributed by atoms with Crippen molar-refractivity contribution in [2.75, 3.05) is 5.32 Å². The van der Waals surface area contributed by atoms with Crippen molar-refractivity contribution < 1.29 is 0 Å². The Labute approximate surface area is 112 Å². The summed E-state index contributed by atoms with van der Waals surface area (Å²) in [4.78, 5) is 4.34. The molecule has 5 heteroatoms. The number of halogens is 2. The Balaban J connectivity index is 2.11. The van der Waals surface area contributed by atoms with Crippen LogP contribution in [-0.2, 0) is 0 Å². The summed E-state index contributed by atoms with van der Waals surface area (Å²) in [6, 6.07) is 2.66. The van der Waals surface area contributed by atoms with Crippen LogP contribution in [0.4, 0.5) is 5.82 Å². The van der Waals surface area contributed by atoms with E-state index in [1.165, 1.54) is 0 Å². The lowest BCUT2D eigenvalue weighted by Gasteiger charge is -2.50. The van der Waals surface area contributed by atoms with Crippen LogP contribution in [0.5, 0.6) is 0 Å². The molecule has 0 saturated heterocycles. The second-order valence-corrected chi connectivity index (χ2v) is 6.61. The van der Waals surface area contributed by atoms with E-state index in [0.29, 0.717) is 6.04 Å². The molecular weight excluding hydrogens is 334 g/mol. The Morgan fingerprint density at radius 2 is 2.19 bits per heavy atom. The molecular formula is C11H15Br2N3. The van der Waals surface area contributed by atoms with E-state index < -0.39 is 0 Å². The van der Waals surface area contributed by atoms with Crippen LogP contribution >= 0.6 is 31.9 Å². The van der Waals surface area contributed by atoms with Crippen molar-refractivity contribution in [1.82, 2.24) is 4.98 Å². The Bertz CT molecular complexity index is 406. The number of hydrogen-bond donors (Lipinski definition) is 2. The number of nitrogens with two attached hydrogens (primary N) is 1. The van der Waals surface area contributed by atoms with Crippen molar-refractivity contribution in [2.45, 2.75) is 32.4 Å². The summed E-state index contributed by atoms with van der Waals surface area (Å²) in [6.45, 7) is 4.37. The van der Waals surface area contributed by atoms with Gasteiger partial charge in [0.25, 0.3) is 0 Å². The van der Waals surface area contributed by atoms with Gasteiger partial charge in [-0.05, 0) is 44.3 Å². The average Bonchev–Trinajstić information content (AvgIpc) is 2.21. The number of rotatable bonds is 2. The molecule has 0 radical (unpaired) electrons. The minimum absolute atomic E-state index is 0.133. The molecule has 1 aromatic heterocycles. The van der Waals surface area contributed by atoms with E-state index in [9.17, 15) is 0 Å². The van der Waals surface area contributed by atoms with Crippen LogP contribution in [0, 0.1) is 5.41 Å². The molecule has 1 heterocycles. The van der Waals surface area contributed by atoms with E-state index in [-0.39, 0.29) is 11.5 Å². The first-order valence-electron chi connectivity index (χ1n) is 5.24. The summed E-state index contributed by atoms with van der Waals surface area (Å²) in [5.74, 6) is 0.883. The van der Waals surface area contributed by atoms with Gasteiger partial charge in [-0.15, -0.1) is 0 Å². The van der Waals surface area contributed by atoms with E-state index in [2.05, 4.69) is 56.0 Å². The topological polar surface area (TPSA) is 50.9 Å². The predicted octanol–water partition coefficient (Wildman–Crippen LogP) is 3.14. The maximum absolute atomic E-state index is 5.98. The molecule has 1 fully saturated rings. The van der Waals surface area contributed by atoms with Crippen molar-refractivity contribution in [1.29, 1.82) is 0 Å². The molecule has 88 valence electrons. The Hall–Kier alpha value is -0.130. The number of nitrogens with one attached hydrogen (secondary N) is 1. The fourth-order valence-electron chi connectivity index (χ4n) is 1.89. The zero-order chi connectivity index (χ0) is 11.9. The maximum atomic E-state index is 5.98. The van der Waals surface area contributed by atoms with Gasteiger partial charge < -0.3 is 11.1 Å². The minimum Gasteiger partial charge on any atom is -0.366 e. The van der Waals surface area contributed by atoms with E-state index in [0.717, 1.165) is 21.2 Å². The molecule has 3 nitrogen and oxygen atoms in total. The van der Waals surface area contributed by atoms with Crippen molar-refractivity contribution >= 4 is 37.7 Å². The number of aromatic nitrogens is 1. The highest BCUT2D eigenvalue weighted by Gasteiger charge is 2.46. The van der Waals surface area contributed by atoms with Crippen LogP contribution in [0.25, 0.3) is 0 Å². The molecule has 1 aromatic rings. The molecule has 2 unspecified atom stereocenters. The van der Waals surface area contributed by atoms with Crippen LogP contribution in [0.2, 0.25) is 0 Å². The first-order chi connectivity index (χ1) is 7.41. The Morgan fingerprint density at radius 3 is 2.69 bits per heavy atom. The smallest absolute Gasteiger partial charge is 0.140 e. The normalized spacial score (nSPS) is 27.3. The Morgan fingerprint density at radius 1 is 1.50 bits per heavy atom. The second kappa shape index (κ2) is 4.27. The van der Waals surface area contributed by atoms with Gasteiger partial charge >= 0.3 is 0 Å². The van der Waals surface area contributed by atoms with Crippen molar-refractivity contribution in [3.63, 3.8) is 0 Å². The van der Waals surface area contributed by atoms with Gasteiger partial charge in [0.1, 0.15) is 5.82 Å². The summed E-state index contributed by atoms with van der Waals surface area (Å²) in [7, 11) is 0. The van der Waals surface area contributed by atoms with Crippen LogP contribution < -0.4 is 11.1 Å². The lowest BCUT2D eigenvalue weighted by Crippen LogP contribution is -2.61. The van der Waals surface area contributed by atoms with Gasteiger partial charge in [0.15, 0.2) is 0 Å². The standard InChI is InChI=1S/C11H15Br2N3/c1-11(2)8(14)4-9(11)16-10-7(13)3-6(12)5-15-10/h3,5,8-9H,4,14H2,1-2H3,(H,15,16). The SMILES string of the molecule is CC1(C)C(N)CC1Nc1ncc(Br)cc1Br. The third kappa shape index (κ3) is 2.13. The highest BCUT2D eigenvalue weighted by Crippen LogP contribution is 2.41. The van der Waals surface area contributed by atoms with Crippen molar-refractivity contribution in [3.8, 4) is 0 Å². The monoisotopic (exact) mass is 347 g/mol. The molecule has 1 aliphatic rings. The molecule has 3 N–H and O–H groups in total. The molecule has 0 aliphatic heterocycles. The number of hydrogen-bond acceptors (Lipinski definition) is 3. The summed E-state index contributed by atoms with van der Waals surface area (Å²) in [5, 5.41) is 3.44. The molecule has 2 rings (SSSR count). The third-order valence-corrected chi connectivity index (χ3v) is 4.50. The molecule has 0 spiro atoms. The van der Waals surface area contributed by atoms with Crippen molar-refractivity contribution in [3.05, 3.63) is 21.2 Å². The maximum Gasteiger partial charge on any atom is 0.140 e. The fourth-order valence-corrected chi connectivity index (χ4v) is 2.99. The third-order valence-electron chi connectivity index (χ3n) is 3.46. The zero-order valence-corrected chi connectivity index (χ0v) is 12.5. The van der Waals surface area contributed by atoms with Gasteiger partial charge in [0.05, 0.1) is 4.47 Å². The van der Waals surface area contributed by atoms with Gasteiger partial charge in [-0.25, -0.2) is 4.98 Å². The van der Waals surface area contributed by atoms with E-state index in [1.807, 2.05) is 6.07 Å². The molecule has 0 amide bonds. The highest BCUT2D eigenvalue weighted by atomic mass is 79.9. The van der Waals surface area contributed by atoms with E-state index >= 15 is 0 Å². The van der Waals surface area contributed by atoms with E-state index in [1.54, 1.807) is 6.20 Å². The number of anilines is 1. The fraction of sp³-hybridized carbons (Fsp3) is 0.545. The van der Waals surface area contributed by atoms with Crippen LogP contribution in [-0.4, -0.2) is 17.1 Å². The lowest BCUT2D eigenvalue weighted by molar-refractivity contribution is 0.117. The summed E-state index contributed by atoms with van der Waals surface area (Å²) >= 11 is 6.88. The summed E-state index contributed by atoms with van der Waals surface area (Å²) in [5.41, 5.74) is 6.12. The number of nitrogens with zero attached hydrogens (tertiary/aromatic N) is 1. The lowest BCUT2D eigenvalue weighted by atomic mass is 9.63. The highest BCUT2D eigenvalue weighted by molar-refractivity contribution is 9.11. The first kappa shape index (κ1) is 12.3. The van der Waals surface area contributed by atoms with E-state index in [4.69, 9.17) is 5.73 Å². The largest absolute Gasteiger partial charge is 0.366 e. The van der Waals surface area contributed by atoms with Gasteiger partial charge in [-0.1, -0.05) is 13.8 Å². The minimum atomic E-state index is 0.133. The summed E-state index contributed by atoms with van der Waals surface area (Å²) in [6.07, 6.45) is 2.79. The van der Waals surface area contributed by atoms with Crippen LogP contribution in [0.1, 0.15) is 20.3 Å². The Kier molecular flexibility index (Phi) is 3.29. The van der Waals surface area contributed by atoms with Gasteiger partial charge in [0, 0.05) is 28.2 Å². The van der Waals surface area contributed by atoms with Crippen molar-refractivity contribution in [2.24, 2.45) is 11.1 Å². The number of pyridine rings is 1. The molecule has 0 aromatic carbocycles. The molecule has 0 bridgehead atoms. The van der Waals surface area contributed by atoms with Gasteiger partial charge in [-0.3, -0.25) is 0 Å². The van der Waals surface area contributed by atoms with Gasteiger partial charge in [0.2, 0.25) is 0 Å². The average molecular weight is 349 g/mol. The molecule has 1 saturated carbocycles. The zero-order valence-electron chi connectivity index (χ0n) is 9.30. The van der Waals surface area contributed by atoms with Crippen LogP contribution in [0.3, 0.4) is 0 Å². The summed E-state index contributed by atoms with van der Waals surface area (Å²) < 4.78 is 1.94. The first-order valence-corrected chi connectivity index (χ1v) is 6.83. The molecule has 1 aliphatic carbocycles. The molecule has 16 heavy (non-hydrogen) atoms. The van der Waals surface area contributed by atoms with Crippen LogP contribution in [0.15, 0.2) is 21.2 Å². The predicted molar refractivity (Wildman–Crippen MR) is 73.4 cm³/mol. The molecule has 2 atom stereocenters. The second-order valence-electron chi connectivity index (χ2n) is 4.84.